The van der Waals surface area contributed by atoms with Gasteiger partial charge >= 0.3 is 23.9 Å². The summed E-state index contributed by atoms with van der Waals surface area (Å²) in [7, 11) is 0. The third kappa shape index (κ3) is 40.8. The van der Waals surface area contributed by atoms with Gasteiger partial charge < -0.3 is 39.0 Å². The molecular weight excluding hydrogens is 949 g/mol. The fraction of sp³-hybridized carbons (Fsp3) is 0.714. The molecule has 428 valence electrons. The Morgan fingerprint density at radius 2 is 0.840 bits per heavy atom. The summed E-state index contributed by atoms with van der Waals surface area (Å²) >= 11 is 0. The van der Waals surface area contributed by atoms with E-state index in [1.807, 2.05) is 0 Å². The minimum absolute atomic E-state index is 0.0554. The maximum absolute atomic E-state index is 13.1. The molecule has 6 unspecified atom stereocenters. The van der Waals surface area contributed by atoms with Gasteiger partial charge in [0.05, 0.1) is 6.61 Å². The van der Waals surface area contributed by atoms with Crippen LogP contribution in [0.5, 0.6) is 0 Å². The van der Waals surface area contributed by atoms with Gasteiger partial charge in [-0.25, -0.2) is 4.79 Å². The summed E-state index contributed by atoms with van der Waals surface area (Å²) in [5, 5.41) is 31.5. The Kier molecular flexibility index (Phi) is 46.6. The lowest BCUT2D eigenvalue weighted by atomic mass is 9.98. The Bertz CT molecular complexity index is 1630. The average molecular weight is 1050 g/mol. The standard InChI is InChI=1S/C63H104O12/c1-4-7-10-13-16-19-22-25-26-27-28-29-30-33-34-37-40-43-46-49-55(64)71-52-54(73-56(65)50-47-44-41-38-35-31-23-20-17-14-11-8-5-2)53-72-63-61(59(68)58(67)60(75-63)62(69)70)74-57(66)51-48-45-42-39-36-32-24-21-18-15-12-9-6-3/h7-8,10-11,16-17,19-20,25-26,28-29,31,35,54,58-61,63,67-68H,4-6,9,12-15,18,21-24,27,30,32-34,36-53H2,1-3H3,(H,69,70)/b10-7-,11-8-,19-16-,20-17-,26-25-,29-28-,35-31-. The normalized spacial score (nSPS) is 18.8. The lowest BCUT2D eigenvalue weighted by Crippen LogP contribution is -2.61. The van der Waals surface area contributed by atoms with Gasteiger partial charge in [-0.1, -0.05) is 215 Å². The Labute approximate surface area is 454 Å². The van der Waals surface area contributed by atoms with Crippen molar-refractivity contribution >= 4 is 23.9 Å². The lowest BCUT2D eigenvalue weighted by molar-refractivity contribution is -0.301. The molecular formula is C63H104O12. The van der Waals surface area contributed by atoms with Crippen LogP contribution in [0, 0.1) is 0 Å². The van der Waals surface area contributed by atoms with E-state index < -0.39 is 67.3 Å². The van der Waals surface area contributed by atoms with Crippen molar-refractivity contribution in [2.24, 2.45) is 0 Å². The van der Waals surface area contributed by atoms with Crippen molar-refractivity contribution in [2.45, 2.75) is 276 Å². The van der Waals surface area contributed by atoms with E-state index in [-0.39, 0.29) is 25.9 Å². The van der Waals surface area contributed by atoms with E-state index in [2.05, 4.69) is 106 Å². The van der Waals surface area contributed by atoms with Crippen LogP contribution in [0.2, 0.25) is 0 Å². The maximum atomic E-state index is 13.1. The van der Waals surface area contributed by atoms with Crippen molar-refractivity contribution < 1.29 is 58.2 Å². The zero-order valence-corrected chi connectivity index (χ0v) is 47.0. The summed E-state index contributed by atoms with van der Waals surface area (Å²) in [4.78, 5) is 51.1. The number of aliphatic carboxylic acids is 1. The highest BCUT2D eigenvalue weighted by atomic mass is 16.7. The Morgan fingerprint density at radius 3 is 1.29 bits per heavy atom. The van der Waals surface area contributed by atoms with Crippen LogP contribution < -0.4 is 0 Å². The molecule has 1 rings (SSSR count). The fourth-order valence-electron chi connectivity index (χ4n) is 8.49. The molecule has 0 aromatic heterocycles. The molecule has 6 atom stereocenters. The van der Waals surface area contributed by atoms with E-state index in [1.54, 1.807) is 0 Å². The number of aliphatic hydroxyl groups is 2. The van der Waals surface area contributed by atoms with Crippen molar-refractivity contribution in [3.63, 3.8) is 0 Å². The van der Waals surface area contributed by atoms with Crippen LogP contribution in [0.3, 0.4) is 0 Å². The van der Waals surface area contributed by atoms with E-state index >= 15 is 0 Å². The summed E-state index contributed by atoms with van der Waals surface area (Å²) in [5.74, 6) is -3.18. The van der Waals surface area contributed by atoms with E-state index in [9.17, 15) is 34.5 Å². The highest BCUT2D eigenvalue weighted by Gasteiger charge is 2.50. The van der Waals surface area contributed by atoms with Crippen molar-refractivity contribution in [2.75, 3.05) is 13.2 Å². The van der Waals surface area contributed by atoms with Gasteiger partial charge in [0, 0.05) is 19.3 Å². The van der Waals surface area contributed by atoms with Gasteiger partial charge in [0.2, 0.25) is 0 Å². The van der Waals surface area contributed by atoms with Crippen LogP contribution in [0.1, 0.15) is 239 Å². The molecule has 0 saturated carbocycles. The first-order valence-corrected chi connectivity index (χ1v) is 29.6. The highest BCUT2D eigenvalue weighted by molar-refractivity contribution is 5.74. The van der Waals surface area contributed by atoms with Crippen molar-refractivity contribution in [1.82, 2.24) is 0 Å². The van der Waals surface area contributed by atoms with Gasteiger partial charge in [0.15, 0.2) is 24.6 Å². The zero-order chi connectivity index (χ0) is 54.7. The number of allylic oxidation sites excluding steroid dienone is 14. The minimum Gasteiger partial charge on any atom is -0.479 e. The van der Waals surface area contributed by atoms with Gasteiger partial charge in [-0.05, 0) is 89.9 Å². The Morgan fingerprint density at radius 1 is 0.453 bits per heavy atom. The second-order valence-electron chi connectivity index (χ2n) is 19.9. The van der Waals surface area contributed by atoms with E-state index in [0.717, 1.165) is 128 Å². The summed E-state index contributed by atoms with van der Waals surface area (Å²) in [6.07, 6.45) is 52.7. The first-order valence-electron chi connectivity index (χ1n) is 29.6. The number of esters is 3. The third-order valence-corrected chi connectivity index (χ3v) is 13.0. The molecule has 1 saturated heterocycles. The van der Waals surface area contributed by atoms with E-state index in [0.29, 0.717) is 19.3 Å². The molecule has 1 aliphatic heterocycles. The molecule has 1 aliphatic rings. The summed E-state index contributed by atoms with van der Waals surface area (Å²) in [6.45, 7) is 5.72. The number of carbonyl (C=O) groups excluding carboxylic acids is 3. The van der Waals surface area contributed by atoms with Crippen molar-refractivity contribution in [3.8, 4) is 0 Å². The molecule has 0 spiro atoms. The molecule has 1 heterocycles. The number of carboxylic acid groups (broad SMARTS) is 1. The van der Waals surface area contributed by atoms with Crippen LogP contribution >= 0.6 is 0 Å². The zero-order valence-electron chi connectivity index (χ0n) is 47.0. The second-order valence-corrected chi connectivity index (χ2v) is 19.9. The Hall–Kier alpha value is -4.10. The predicted molar refractivity (Wildman–Crippen MR) is 303 cm³/mol. The van der Waals surface area contributed by atoms with E-state index in [4.69, 9.17) is 23.7 Å². The maximum Gasteiger partial charge on any atom is 0.335 e. The number of carboxylic acids is 1. The molecule has 0 aromatic rings. The van der Waals surface area contributed by atoms with Crippen molar-refractivity contribution in [3.05, 3.63) is 85.1 Å². The summed E-state index contributed by atoms with van der Waals surface area (Å²) in [6, 6.07) is 0. The van der Waals surface area contributed by atoms with Gasteiger partial charge in [-0.2, -0.15) is 0 Å². The second kappa shape index (κ2) is 50.7. The minimum atomic E-state index is -1.91. The molecule has 0 aliphatic carbocycles. The average Bonchev–Trinajstić information content (AvgIpc) is 3.39. The van der Waals surface area contributed by atoms with Crippen LogP contribution in [0.4, 0.5) is 0 Å². The predicted octanol–water partition coefficient (Wildman–Crippen LogP) is 15.1. The van der Waals surface area contributed by atoms with Gasteiger partial charge in [0.25, 0.3) is 0 Å². The first kappa shape index (κ1) is 68.9. The number of carbonyl (C=O) groups is 4. The molecule has 0 aromatic carbocycles. The number of hydrogen-bond acceptors (Lipinski definition) is 11. The fourth-order valence-corrected chi connectivity index (χ4v) is 8.49. The SMILES string of the molecule is CC/C=C\C/C=C\C/C=C\C/C=C\CCCCCCCCC(=O)OCC(COC1OC(C(=O)O)C(O)C(O)C1OC(=O)CCCCCCCCCCCCCCC)OC(=O)CCCCC/C=C\C/C=C\C/C=C\CC. The topological polar surface area (TPSA) is 175 Å². The van der Waals surface area contributed by atoms with E-state index in [1.165, 1.54) is 51.4 Å². The van der Waals surface area contributed by atoms with Gasteiger partial charge in [-0.15, -0.1) is 0 Å². The number of ether oxygens (including phenoxy) is 5. The molecule has 12 heteroatoms. The smallest absolute Gasteiger partial charge is 0.335 e. The molecule has 0 bridgehead atoms. The summed E-state index contributed by atoms with van der Waals surface area (Å²) < 4.78 is 28.4. The van der Waals surface area contributed by atoms with Crippen LogP contribution in [0.25, 0.3) is 0 Å². The monoisotopic (exact) mass is 1050 g/mol. The molecule has 1 fully saturated rings. The number of unbranched alkanes of at least 4 members (excludes halogenated alkanes) is 21. The largest absolute Gasteiger partial charge is 0.479 e. The highest BCUT2D eigenvalue weighted by Crippen LogP contribution is 2.26. The summed E-state index contributed by atoms with van der Waals surface area (Å²) in [5.41, 5.74) is 0. The third-order valence-electron chi connectivity index (χ3n) is 13.0. The molecule has 0 radical (unpaired) electrons. The van der Waals surface area contributed by atoms with Crippen molar-refractivity contribution in [1.29, 1.82) is 0 Å². The lowest BCUT2D eigenvalue weighted by Gasteiger charge is -2.40. The molecule has 3 N–H and O–H groups in total. The first-order chi connectivity index (χ1) is 36.6. The molecule has 12 nitrogen and oxygen atoms in total. The number of aliphatic hydroxyl groups excluding tert-OH is 2. The Balaban J connectivity index is 2.70. The van der Waals surface area contributed by atoms with Gasteiger partial charge in [-0.3, -0.25) is 14.4 Å². The quantitative estimate of drug-likeness (QED) is 0.0228. The molecule has 75 heavy (non-hydrogen) atoms. The van der Waals surface area contributed by atoms with Gasteiger partial charge in [0.1, 0.15) is 18.8 Å². The van der Waals surface area contributed by atoms with Crippen LogP contribution in [0.15, 0.2) is 85.1 Å². The van der Waals surface area contributed by atoms with Crippen LogP contribution in [-0.2, 0) is 42.9 Å². The number of rotatable bonds is 49. The number of hydrogen-bond donors (Lipinski definition) is 3. The molecule has 0 amide bonds. The van der Waals surface area contributed by atoms with Crippen LogP contribution in [-0.4, -0.2) is 89.2 Å².